The standard InChI is InChI=1S/C22H24N2O3/c1-17-14-19(18-4-7-20(25-2)8-5-18)6-9-21(17)22(26-12-3-13-27-22)15-24-11-10-23-16-24/h4-11,14,16H,3,12-13,15H2,1-2H3. The molecule has 5 nitrogen and oxygen atoms in total. The molecule has 2 aromatic carbocycles. The number of rotatable bonds is 5. The summed E-state index contributed by atoms with van der Waals surface area (Å²) in [6.45, 7) is 4.07. The first kappa shape index (κ1) is 17.8. The van der Waals surface area contributed by atoms with Crippen LogP contribution in [0.25, 0.3) is 11.1 Å². The van der Waals surface area contributed by atoms with Crippen molar-refractivity contribution in [2.24, 2.45) is 0 Å². The first-order valence-corrected chi connectivity index (χ1v) is 9.19. The molecule has 0 aliphatic carbocycles. The molecule has 0 N–H and O–H groups in total. The predicted octanol–water partition coefficient (Wildman–Crippen LogP) is 4.16. The first-order valence-electron chi connectivity index (χ1n) is 9.19. The van der Waals surface area contributed by atoms with Gasteiger partial charge in [0.05, 0.1) is 33.2 Å². The summed E-state index contributed by atoms with van der Waals surface area (Å²) >= 11 is 0. The molecule has 1 aliphatic rings. The molecule has 1 aromatic heterocycles. The number of hydrogen-bond donors (Lipinski definition) is 0. The molecular weight excluding hydrogens is 340 g/mol. The van der Waals surface area contributed by atoms with Gasteiger partial charge in [-0.05, 0) is 42.2 Å². The van der Waals surface area contributed by atoms with E-state index in [0.717, 1.165) is 34.4 Å². The van der Waals surface area contributed by atoms with Crippen LogP contribution in [0.1, 0.15) is 17.5 Å². The van der Waals surface area contributed by atoms with E-state index in [1.54, 1.807) is 19.6 Å². The molecular formula is C22H24N2O3. The molecule has 3 aromatic rings. The highest BCUT2D eigenvalue weighted by Crippen LogP contribution is 2.36. The fraction of sp³-hybridized carbons (Fsp3) is 0.318. The minimum atomic E-state index is -0.776. The van der Waals surface area contributed by atoms with E-state index in [9.17, 15) is 0 Å². The molecule has 1 aliphatic heterocycles. The topological polar surface area (TPSA) is 45.5 Å². The Kier molecular flexibility index (Phi) is 4.97. The van der Waals surface area contributed by atoms with Crippen molar-refractivity contribution in [2.75, 3.05) is 20.3 Å². The molecule has 0 atom stereocenters. The Morgan fingerprint density at radius 2 is 1.81 bits per heavy atom. The molecule has 27 heavy (non-hydrogen) atoms. The zero-order chi connectivity index (χ0) is 18.7. The predicted molar refractivity (Wildman–Crippen MR) is 104 cm³/mol. The van der Waals surface area contributed by atoms with Crippen LogP contribution in [0.4, 0.5) is 0 Å². The fourth-order valence-electron chi connectivity index (χ4n) is 3.58. The van der Waals surface area contributed by atoms with Crippen LogP contribution in [0.15, 0.2) is 61.2 Å². The SMILES string of the molecule is COc1ccc(-c2ccc(C3(Cn4ccnc4)OCCCO3)c(C)c2)cc1. The quantitative estimate of drug-likeness (QED) is 0.682. The lowest BCUT2D eigenvalue weighted by Crippen LogP contribution is -2.42. The van der Waals surface area contributed by atoms with Crippen LogP contribution < -0.4 is 4.74 Å². The lowest BCUT2D eigenvalue weighted by molar-refractivity contribution is -0.283. The van der Waals surface area contributed by atoms with Crippen molar-refractivity contribution in [3.8, 4) is 16.9 Å². The second kappa shape index (κ2) is 7.55. The Balaban J connectivity index is 1.68. The zero-order valence-corrected chi connectivity index (χ0v) is 15.7. The van der Waals surface area contributed by atoms with Gasteiger partial charge in [-0.2, -0.15) is 0 Å². The molecule has 0 spiro atoms. The number of benzene rings is 2. The summed E-state index contributed by atoms with van der Waals surface area (Å²) in [6, 6.07) is 14.5. The molecule has 5 heteroatoms. The maximum atomic E-state index is 6.19. The van der Waals surface area contributed by atoms with E-state index in [0.29, 0.717) is 19.8 Å². The van der Waals surface area contributed by atoms with Crippen molar-refractivity contribution in [1.82, 2.24) is 9.55 Å². The van der Waals surface area contributed by atoms with Crippen LogP contribution in [0, 0.1) is 6.92 Å². The zero-order valence-electron chi connectivity index (χ0n) is 15.7. The fourth-order valence-corrected chi connectivity index (χ4v) is 3.58. The lowest BCUT2D eigenvalue weighted by atomic mass is 9.94. The van der Waals surface area contributed by atoms with Gasteiger partial charge in [0, 0.05) is 18.0 Å². The highest BCUT2D eigenvalue weighted by atomic mass is 16.7. The summed E-state index contributed by atoms with van der Waals surface area (Å²) in [5, 5.41) is 0. The van der Waals surface area contributed by atoms with Gasteiger partial charge in [-0.1, -0.05) is 30.3 Å². The third-order valence-corrected chi connectivity index (χ3v) is 4.97. The van der Waals surface area contributed by atoms with Crippen LogP contribution in [0.5, 0.6) is 5.75 Å². The molecule has 2 heterocycles. The number of methoxy groups -OCH3 is 1. The summed E-state index contributed by atoms with van der Waals surface area (Å²) < 4.78 is 19.6. The van der Waals surface area contributed by atoms with Crippen LogP contribution >= 0.6 is 0 Å². The number of hydrogen-bond acceptors (Lipinski definition) is 4. The van der Waals surface area contributed by atoms with Crippen LogP contribution in [0.2, 0.25) is 0 Å². The van der Waals surface area contributed by atoms with E-state index in [2.05, 4.69) is 42.2 Å². The van der Waals surface area contributed by atoms with Gasteiger partial charge in [0.25, 0.3) is 0 Å². The third kappa shape index (κ3) is 3.61. The molecule has 0 amide bonds. The maximum absolute atomic E-state index is 6.19. The summed E-state index contributed by atoms with van der Waals surface area (Å²) in [5.41, 5.74) is 4.52. The van der Waals surface area contributed by atoms with Crippen molar-refractivity contribution >= 4 is 0 Å². The minimum absolute atomic E-state index is 0.579. The van der Waals surface area contributed by atoms with E-state index >= 15 is 0 Å². The Morgan fingerprint density at radius 1 is 1.07 bits per heavy atom. The average molecular weight is 364 g/mol. The van der Waals surface area contributed by atoms with Gasteiger partial charge in [-0.15, -0.1) is 0 Å². The molecule has 0 bridgehead atoms. The van der Waals surface area contributed by atoms with Gasteiger partial charge in [0.15, 0.2) is 0 Å². The van der Waals surface area contributed by atoms with E-state index in [-0.39, 0.29) is 0 Å². The molecule has 0 radical (unpaired) electrons. The normalized spacial score (nSPS) is 16.2. The molecule has 0 saturated carbocycles. The number of nitrogens with zero attached hydrogens (tertiary/aromatic N) is 2. The highest BCUT2D eigenvalue weighted by Gasteiger charge is 2.38. The monoisotopic (exact) mass is 364 g/mol. The van der Waals surface area contributed by atoms with Crippen molar-refractivity contribution in [3.05, 3.63) is 72.3 Å². The van der Waals surface area contributed by atoms with E-state index < -0.39 is 5.79 Å². The third-order valence-electron chi connectivity index (χ3n) is 4.97. The van der Waals surface area contributed by atoms with Crippen LogP contribution in [-0.2, 0) is 21.8 Å². The smallest absolute Gasteiger partial charge is 0.213 e. The van der Waals surface area contributed by atoms with Gasteiger partial charge < -0.3 is 18.8 Å². The molecule has 1 saturated heterocycles. The van der Waals surface area contributed by atoms with Crippen molar-refractivity contribution in [2.45, 2.75) is 25.7 Å². The lowest BCUT2D eigenvalue weighted by Gasteiger charge is -2.38. The average Bonchev–Trinajstić information content (AvgIpc) is 3.21. The van der Waals surface area contributed by atoms with Gasteiger partial charge in [0.1, 0.15) is 5.75 Å². The Morgan fingerprint density at radius 3 is 2.44 bits per heavy atom. The molecule has 0 unspecified atom stereocenters. The van der Waals surface area contributed by atoms with Gasteiger partial charge in [0.2, 0.25) is 5.79 Å². The Bertz CT molecular complexity index is 882. The Labute approximate surface area is 159 Å². The van der Waals surface area contributed by atoms with Crippen LogP contribution in [0.3, 0.4) is 0 Å². The minimum Gasteiger partial charge on any atom is -0.497 e. The van der Waals surface area contributed by atoms with Crippen molar-refractivity contribution < 1.29 is 14.2 Å². The Hall–Kier alpha value is -2.63. The highest BCUT2D eigenvalue weighted by molar-refractivity contribution is 5.65. The summed E-state index contributed by atoms with van der Waals surface area (Å²) in [6.07, 6.45) is 6.42. The second-order valence-electron chi connectivity index (χ2n) is 6.80. The van der Waals surface area contributed by atoms with E-state index in [1.807, 2.05) is 22.9 Å². The van der Waals surface area contributed by atoms with E-state index in [1.165, 1.54) is 0 Å². The molecule has 140 valence electrons. The summed E-state index contributed by atoms with van der Waals surface area (Å²) in [4.78, 5) is 4.14. The molecule has 4 rings (SSSR count). The van der Waals surface area contributed by atoms with Crippen molar-refractivity contribution in [3.63, 3.8) is 0 Å². The number of aryl methyl sites for hydroxylation is 1. The summed E-state index contributed by atoms with van der Waals surface area (Å²) in [7, 11) is 1.68. The number of ether oxygens (including phenoxy) is 3. The summed E-state index contributed by atoms with van der Waals surface area (Å²) in [5.74, 6) is 0.0805. The van der Waals surface area contributed by atoms with Gasteiger partial charge >= 0.3 is 0 Å². The van der Waals surface area contributed by atoms with Crippen LogP contribution in [-0.4, -0.2) is 29.9 Å². The number of imidazole rings is 1. The maximum Gasteiger partial charge on any atom is 0.213 e. The van der Waals surface area contributed by atoms with Gasteiger partial charge in [-0.3, -0.25) is 0 Å². The number of aromatic nitrogens is 2. The largest absolute Gasteiger partial charge is 0.497 e. The second-order valence-corrected chi connectivity index (χ2v) is 6.80. The van der Waals surface area contributed by atoms with Crippen molar-refractivity contribution in [1.29, 1.82) is 0 Å². The first-order chi connectivity index (χ1) is 13.2. The molecule has 1 fully saturated rings. The van der Waals surface area contributed by atoms with E-state index in [4.69, 9.17) is 14.2 Å². The van der Waals surface area contributed by atoms with Gasteiger partial charge in [-0.25, -0.2) is 4.98 Å².